The number of nitrogens with one attached hydrogen (secondary N) is 1. The lowest BCUT2D eigenvalue weighted by Gasteiger charge is -1.88. The summed E-state index contributed by atoms with van der Waals surface area (Å²) in [6.45, 7) is 3.03. The summed E-state index contributed by atoms with van der Waals surface area (Å²) in [5.41, 5.74) is 5.51. The van der Waals surface area contributed by atoms with Crippen LogP contribution in [0.3, 0.4) is 0 Å². The summed E-state index contributed by atoms with van der Waals surface area (Å²) < 4.78 is 0. The van der Waals surface area contributed by atoms with Crippen LogP contribution in [0.1, 0.15) is 13.3 Å². The molecular formula is C6H15N2S+. The predicted molar refractivity (Wildman–Crippen MR) is 43.7 cm³/mol. The lowest BCUT2D eigenvalue weighted by molar-refractivity contribution is -0.453. The van der Waals surface area contributed by atoms with Crippen molar-refractivity contribution in [3.8, 4) is 0 Å². The molecule has 0 atom stereocenters. The molecule has 0 aliphatic rings. The van der Waals surface area contributed by atoms with Gasteiger partial charge in [-0.15, -0.1) is 0 Å². The van der Waals surface area contributed by atoms with Gasteiger partial charge in [-0.05, 0) is 6.26 Å². The Kier molecular flexibility index (Phi) is 5.83. The molecular weight excluding hydrogens is 132 g/mol. The minimum absolute atomic E-state index is 0.893. The van der Waals surface area contributed by atoms with E-state index in [1.54, 1.807) is 0 Å². The molecule has 0 amide bonds. The number of nitrogens with two attached hydrogens (primary N) is 1. The van der Waals surface area contributed by atoms with Gasteiger partial charge >= 0.3 is 0 Å². The molecule has 9 heavy (non-hydrogen) atoms. The van der Waals surface area contributed by atoms with Crippen molar-refractivity contribution in [1.82, 2.24) is 0 Å². The number of amidine groups is 1. The second-order valence-corrected chi connectivity index (χ2v) is 2.78. The van der Waals surface area contributed by atoms with Crippen molar-refractivity contribution in [2.24, 2.45) is 5.73 Å². The minimum Gasteiger partial charge on any atom is -0.291 e. The van der Waals surface area contributed by atoms with E-state index in [9.17, 15) is 0 Å². The van der Waals surface area contributed by atoms with Gasteiger partial charge in [-0.1, -0.05) is 6.92 Å². The van der Waals surface area contributed by atoms with Crippen LogP contribution < -0.4 is 10.7 Å². The van der Waals surface area contributed by atoms with Gasteiger partial charge in [0.1, 0.15) is 0 Å². The summed E-state index contributed by atoms with van der Waals surface area (Å²) in [5.74, 6) is 2.02. The molecule has 0 rings (SSSR count). The maximum Gasteiger partial charge on any atom is 0.240 e. The van der Waals surface area contributed by atoms with E-state index < -0.39 is 0 Å². The lowest BCUT2D eigenvalue weighted by atomic mass is 10.4. The fourth-order valence-electron chi connectivity index (χ4n) is 0.439. The van der Waals surface area contributed by atoms with Gasteiger partial charge < -0.3 is 0 Å². The summed E-state index contributed by atoms with van der Waals surface area (Å²) in [5, 5.41) is 0. The van der Waals surface area contributed by atoms with Crippen LogP contribution in [0.5, 0.6) is 0 Å². The van der Waals surface area contributed by atoms with Gasteiger partial charge in [-0.3, -0.25) is 10.7 Å². The second kappa shape index (κ2) is 5.95. The maximum absolute atomic E-state index is 5.51. The van der Waals surface area contributed by atoms with Crippen molar-refractivity contribution < 1.29 is 4.99 Å². The van der Waals surface area contributed by atoms with Crippen LogP contribution >= 0.6 is 11.8 Å². The topological polar surface area (TPSA) is 40.0 Å². The molecule has 0 radical (unpaired) electrons. The maximum atomic E-state index is 5.51. The summed E-state index contributed by atoms with van der Waals surface area (Å²) in [6, 6.07) is 0. The smallest absolute Gasteiger partial charge is 0.240 e. The molecule has 0 aliphatic carbocycles. The van der Waals surface area contributed by atoms with Crippen molar-refractivity contribution in [3.05, 3.63) is 0 Å². The zero-order valence-electron chi connectivity index (χ0n) is 6.11. The quantitative estimate of drug-likeness (QED) is 0.310. The molecule has 0 spiro atoms. The third-order valence-electron chi connectivity index (χ3n) is 1.04. The van der Waals surface area contributed by atoms with Crippen LogP contribution in [0, 0.1) is 0 Å². The van der Waals surface area contributed by atoms with Crippen molar-refractivity contribution in [3.63, 3.8) is 0 Å². The highest BCUT2D eigenvalue weighted by Crippen LogP contribution is 1.83. The van der Waals surface area contributed by atoms with E-state index in [0.717, 1.165) is 24.6 Å². The fourth-order valence-corrected chi connectivity index (χ4v) is 0.745. The van der Waals surface area contributed by atoms with Gasteiger partial charge in [-0.25, -0.2) is 0 Å². The monoisotopic (exact) mass is 147 g/mol. The van der Waals surface area contributed by atoms with Crippen molar-refractivity contribution in [2.75, 3.05) is 18.6 Å². The second-order valence-electron chi connectivity index (χ2n) is 1.80. The summed E-state index contributed by atoms with van der Waals surface area (Å²) in [7, 11) is 0. The summed E-state index contributed by atoms with van der Waals surface area (Å²) >= 11 is 1.82. The molecule has 0 bridgehead atoms. The predicted octanol–water partition coefficient (Wildman–Crippen LogP) is -0.803. The van der Waals surface area contributed by atoms with Crippen molar-refractivity contribution in [1.29, 1.82) is 0 Å². The zero-order valence-corrected chi connectivity index (χ0v) is 6.92. The van der Waals surface area contributed by atoms with E-state index in [-0.39, 0.29) is 0 Å². The highest BCUT2D eigenvalue weighted by atomic mass is 32.2. The van der Waals surface area contributed by atoms with E-state index in [4.69, 9.17) is 5.73 Å². The average molecular weight is 147 g/mol. The number of hydrogen-bond donors (Lipinski definition) is 2. The van der Waals surface area contributed by atoms with Crippen LogP contribution in [0.15, 0.2) is 0 Å². The van der Waals surface area contributed by atoms with E-state index in [0.29, 0.717) is 0 Å². The molecule has 3 N–H and O–H groups in total. The first-order chi connectivity index (χ1) is 4.31. The standard InChI is InChI=1S/C6H14N2S/c1-3-6(7)8-4-5-9-2/h3-5H2,1-2H3,(H2,7,8)/p+1. The molecule has 0 aromatic carbocycles. The highest BCUT2D eigenvalue weighted by Gasteiger charge is 1.89. The Morgan fingerprint density at radius 1 is 1.67 bits per heavy atom. The van der Waals surface area contributed by atoms with Crippen LogP contribution in [-0.4, -0.2) is 24.4 Å². The number of rotatable bonds is 4. The lowest BCUT2D eigenvalue weighted by Crippen LogP contribution is -2.76. The van der Waals surface area contributed by atoms with Gasteiger partial charge in [0.2, 0.25) is 5.84 Å². The first-order valence-corrected chi connectivity index (χ1v) is 4.54. The van der Waals surface area contributed by atoms with E-state index in [1.165, 1.54) is 0 Å². The average Bonchev–Trinajstić information content (AvgIpc) is 1.89. The van der Waals surface area contributed by atoms with Crippen LogP contribution in [0.2, 0.25) is 0 Å². The van der Waals surface area contributed by atoms with E-state index >= 15 is 0 Å². The van der Waals surface area contributed by atoms with Gasteiger partial charge in [-0.2, -0.15) is 11.8 Å². The Balaban J connectivity index is 3.21. The highest BCUT2D eigenvalue weighted by molar-refractivity contribution is 7.98. The largest absolute Gasteiger partial charge is 0.291 e. The summed E-state index contributed by atoms with van der Waals surface area (Å²) in [4.78, 5) is 3.11. The Morgan fingerprint density at radius 2 is 2.33 bits per heavy atom. The molecule has 0 saturated carbocycles. The van der Waals surface area contributed by atoms with Crippen molar-refractivity contribution >= 4 is 17.6 Å². The Hall–Kier alpha value is -0.180. The molecule has 54 valence electrons. The molecule has 2 nitrogen and oxygen atoms in total. The number of thioether (sulfide) groups is 1. The molecule has 0 heterocycles. The zero-order chi connectivity index (χ0) is 7.11. The minimum atomic E-state index is 0.893. The molecule has 0 saturated heterocycles. The fraction of sp³-hybridized carbons (Fsp3) is 0.833. The molecule has 0 aliphatic heterocycles. The third-order valence-corrected chi connectivity index (χ3v) is 1.65. The SMILES string of the molecule is CCC(N)=[NH+]CCSC. The van der Waals surface area contributed by atoms with Crippen molar-refractivity contribution in [2.45, 2.75) is 13.3 Å². The first kappa shape index (κ1) is 8.82. The molecule has 0 fully saturated rings. The molecule has 0 aromatic heterocycles. The number of hydrogen-bond acceptors (Lipinski definition) is 1. The Bertz CT molecular complexity index is 91.1. The van der Waals surface area contributed by atoms with Gasteiger partial charge in [0.15, 0.2) is 0 Å². The molecule has 0 unspecified atom stereocenters. The van der Waals surface area contributed by atoms with Crippen LogP contribution in [0.25, 0.3) is 0 Å². The van der Waals surface area contributed by atoms with Gasteiger partial charge in [0.05, 0.1) is 6.54 Å². The van der Waals surface area contributed by atoms with Gasteiger partial charge in [0.25, 0.3) is 0 Å². The summed E-state index contributed by atoms with van der Waals surface area (Å²) in [6.07, 6.45) is 3.01. The molecule has 0 aromatic rings. The van der Waals surface area contributed by atoms with Gasteiger partial charge in [0, 0.05) is 12.2 Å². The third kappa shape index (κ3) is 5.69. The van der Waals surface area contributed by atoms with Crippen LogP contribution in [0.4, 0.5) is 0 Å². The molecule has 3 heteroatoms. The van der Waals surface area contributed by atoms with E-state index in [2.05, 4.69) is 11.2 Å². The van der Waals surface area contributed by atoms with Crippen LogP contribution in [-0.2, 0) is 0 Å². The Labute approximate surface area is 60.9 Å². The normalized spacial score (nSPS) is 12.0. The van der Waals surface area contributed by atoms with E-state index in [1.807, 2.05) is 18.7 Å². The first-order valence-electron chi connectivity index (χ1n) is 3.15. The Morgan fingerprint density at radius 3 is 2.78 bits per heavy atom.